The van der Waals surface area contributed by atoms with Gasteiger partial charge in [0.1, 0.15) is 12.1 Å². The minimum Gasteiger partial charge on any atom is -0.478 e. The number of hydrogen-bond acceptors (Lipinski definition) is 4. The van der Waals surface area contributed by atoms with Crippen molar-refractivity contribution < 1.29 is 14.6 Å². The number of nitrogens with zero attached hydrogens (tertiary/aromatic N) is 2. The van der Waals surface area contributed by atoms with Crippen LogP contribution in [-0.2, 0) is 0 Å². The number of rotatable bonds is 3. The Labute approximate surface area is 134 Å². The molecule has 0 bridgehead atoms. The monoisotopic (exact) mass is 358 g/mol. The highest BCUT2D eigenvalue weighted by Crippen LogP contribution is 2.30. The highest BCUT2D eigenvalue weighted by atomic mass is 79.9. The van der Waals surface area contributed by atoms with Gasteiger partial charge in [-0.15, -0.1) is 0 Å². The summed E-state index contributed by atoms with van der Waals surface area (Å²) in [6.07, 6.45) is 1.42. The average molecular weight is 359 g/mol. The molecule has 0 aliphatic heterocycles. The van der Waals surface area contributed by atoms with Crippen LogP contribution in [0.2, 0.25) is 0 Å². The molecule has 0 aliphatic carbocycles. The van der Waals surface area contributed by atoms with Crippen LogP contribution in [0.5, 0.6) is 11.6 Å². The van der Waals surface area contributed by atoms with E-state index in [1.54, 1.807) is 12.1 Å². The second-order valence-electron chi connectivity index (χ2n) is 4.73. The first-order valence-corrected chi connectivity index (χ1v) is 7.26. The summed E-state index contributed by atoms with van der Waals surface area (Å²) >= 11 is 3.39. The lowest BCUT2D eigenvalue weighted by Crippen LogP contribution is -1.99. The lowest BCUT2D eigenvalue weighted by atomic mass is 10.1. The van der Waals surface area contributed by atoms with Crippen LogP contribution in [0, 0.1) is 6.92 Å². The Balaban J connectivity index is 2.07. The van der Waals surface area contributed by atoms with Gasteiger partial charge in [0.2, 0.25) is 5.88 Å². The number of aromatic carboxylic acids is 1. The van der Waals surface area contributed by atoms with Crippen molar-refractivity contribution in [2.45, 2.75) is 6.92 Å². The summed E-state index contributed by atoms with van der Waals surface area (Å²) in [5.41, 5.74) is 1.74. The maximum atomic E-state index is 11.1. The fourth-order valence-corrected chi connectivity index (χ4v) is 2.38. The molecule has 1 heterocycles. The van der Waals surface area contributed by atoms with Crippen LogP contribution in [-0.4, -0.2) is 21.0 Å². The maximum absolute atomic E-state index is 11.1. The molecule has 0 radical (unpaired) electrons. The predicted molar refractivity (Wildman–Crippen MR) is 85.5 cm³/mol. The van der Waals surface area contributed by atoms with Gasteiger partial charge in [-0.25, -0.2) is 14.8 Å². The molecule has 110 valence electrons. The van der Waals surface area contributed by atoms with E-state index in [1.807, 2.05) is 25.1 Å². The molecule has 2 aromatic carbocycles. The largest absolute Gasteiger partial charge is 0.478 e. The van der Waals surface area contributed by atoms with Gasteiger partial charge >= 0.3 is 5.97 Å². The predicted octanol–water partition coefficient (Wildman–Crippen LogP) is 4.19. The van der Waals surface area contributed by atoms with E-state index in [0.29, 0.717) is 11.6 Å². The van der Waals surface area contributed by atoms with Crippen LogP contribution in [0.4, 0.5) is 0 Å². The molecule has 1 N–H and O–H groups in total. The van der Waals surface area contributed by atoms with E-state index in [0.717, 1.165) is 20.9 Å². The molecule has 0 fully saturated rings. The summed E-state index contributed by atoms with van der Waals surface area (Å²) in [7, 11) is 0. The number of carbonyl (C=O) groups is 1. The molecule has 0 aliphatic rings. The van der Waals surface area contributed by atoms with Crippen LogP contribution < -0.4 is 4.74 Å². The van der Waals surface area contributed by atoms with Crippen LogP contribution in [0.25, 0.3) is 10.9 Å². The highest BCUT2D eigenvalue weighted by molar-refractivity contribution is 9.10. The Bertz CT molecular complexity index is 880. The standard InChI is InChI=1S/C16H11BrN2O3/c1-9-2-3-10(16(20)21)6-14(9)22-15-12-5-4-11(17)7-13(12)18-8-19-15/h2-8H,1H3,(H,20,21). The first-order chi connectivity index (χ1) is 10.5. The number of aryl methyl sites for hydroxylation is 1. The van der Waals surface area contributed by atoms with Crippen molar-refractivity contribution >= 4 is 32.8 Å². The van der Waals surface area contributed by atoms with Crippen molar-refractivity contribution in [2.75, 3.05) is 0 Å². The van der Waals surface area contributed by atoms with Crippen molar-refractivity contribution in [1.82, 2.24) is 9.97 Å². The molecule has 3 aromatic rings. The second kappa shape index (κ2) is 5.73. The minimum atomic E-state index is -0.999. The summed E-state index contributed by atoms with van der Waals surface area (Å²) in [5, 5.41) is 9.84. The van der Waals surface area contributed by atoms with Gasteiger partial charge in [-0.2, -0.15) is 0 Å². The van der Waals surface area contributed by atoms with Gasteiger partial charge in [-0.05, 0) is 42.8 Å². The molecule has 22 heavy (non-hydrogen) atoms. The zero-order valence-corrected chi connectivity index (χ0v) is 13.2. The lowest BCUT2D eigenvalue weighted by Gasteiger charge is -2.10. The Kier molecular flexibility index (Phi) is 3.77. The Morgan fingerprint density at radius 2 is 2.00 bits per heavy atom. The molecule has 0 unspecified atom stereocenters. The van der Waals surface area contributed by atoms with E-state index < -0.39 is 5.97 Å². The van der Waals surface area contributed by atoms with Crippen LogP contribution in [0.3, 0.4) is 0 Å². The third kappa shape index (κ3) is 2.78. The fourth-order valence-electron chi connectivity index (χ4n) is 2.03. The van der Waals surface area contributed by atoms with E-state index in [1.165, 1.54) is 12.4 Å². The van der Waals surface area contributed by atoms with Crippen LogP contribution in [0.1, 0.15) is 15.9 Å². The van der Waals surface area contributed by atoms with E-state index >= 15 is 0 Å². The molecule has 0 spiro atoms. The van der Waals surface area contributed by atoms with Crippen molar-refractivity contribution in [3.63, 3.8) is 0 Å². The number of benzene rings is 2. The molecule has 0 atom stereocenters. The van der Waals surface area contributed by atoms with Gasteiger partial charge in [-0.1, -0.05) is 22.0 Å². The van der Waals surface area contributed by atoms with Crippen molar-refractivity contribution in [3.8, 4) is 11.6 Å². The second-order valence-corrected chi connectivity index (χ2v) is 5.64. The quantitative estimate of drug-likeness (QED) is 0.759. The van der Waals surface area contributed by atoms with E-state index in [4.69, 9.17) is 9.84 Å². The molecular weight excluding hydrogens is 348 g/mol. The smallest absolute Gasteiger partial charge is 0.335 e. The van der Waals surface area contributed by atoms with Crippen molar-refractivity contribution in [1.29, 1.82) is 0 Å². The summed E-state index contributed by atoms with van der Waals surface area (Å²) in [6, 6.07) is 10.3. The molecule has 6 heteroatoms. The summed E-state index contributed by atoms with van der Waals surface area (Å²) in [5.74, 6) is -0.146. The number of halogens is 1. The minimum absolute atomic E-state index is 0.168. The fraction of sp³-hybridized carbons (Fsp3) is 0.0625. The Morgan fingerprint density at radius 1 is 1.18 bits per heavy atom. The topological polar surface area (TPSA) is 72.3 Å². The number of ether oxygens (including phenoxy) is 1. The van der Waals surface area contributed by atoms with Gasteiger partial charge in [-0.3, -0.25) is 0 Å². The Hall–Kier alpha value is -2.47. The third-order valence-corrected chi connectivity index (χ3v) is 3.70. The molecule has 0 amide bonds. The van der Waals surface area contributed by atoms with Gasteiger partial charge < -0.3 is 9.84 Å². The van der Waals surface area contributed by atoms with E-state index in [-0.39, 0.29) is 5.56 Å². The first kappa shape index (κ1) is 14.5. The summed E-state index contributed by atoms with van der Waals surface area (Å²) in [6.45, 7) is 1.85. The van der Waals surface area contributed by atoms with Gasteiger partial charge in [0.25, 0.3) is 0 Å². The molecule has 3 rings (SSSR count). The van der Waals surface area contributed by atoms with E-state index in [2.05, 4.69) is 25.9 Å². The van der Waals surface area contributed by atoms with Gasteiger partial charge in [0.05, 0.1) is 16.5 Å². The van der Waals surface area contributed by atoms with Gasteiger partial charge in [0, 0.05) is 4.47 Å². The van der Waals surface area contributed by atoms with E-state index in [9.17, 15) is 4.79 Å². The number of carboxylic acid groups (broad SMARTS) is 1. The van der Waals surface area contributed by atoms with Gasteiger partial charge in [0.15, 0.2) is 0 Å². The maximum Gasteiger partial charge on any atom is 0.335 e. The first-order valence-electron chi connectivity index (χ1n) is 6.46. The summed E-state index contributed by atoms with van der Waals surface area (Å²) in [4.78, 5) is 19.4. The molecule has 5 nitrogen and oxygen atoms in total. The molecule has 1 aromatic heterocycles. The number of aromatic nitrogens is 2. The molecule has 0 saturated carbocycles. The van der Waals surface area contributed by atoms with Crippen molar-refractivity contribution in [3.05, 3.63) is 58.3 Å². The number of hydrogen-bond donors (Lipinski definition) is 1. The summed E-state index contributed by atoms with van der Waals surface area (Å²) < 4.78 is 6.73. The zero-order chi connectivity index (χ0) is 15.7. The lowest BCUT2D eigenvalue weighted by molar-refractivity contribution is 0.0696. The normalized spacial score (nSPS) is 10.6. The Morgan fingerprint density at radius 3 is 2.77 bits per heavy atom. The third-order valence-electron chi connectivity index (χ3n) is 3.20. The number of carboxylic acids is 1. The zero-order valence-electron chi connectivity index (χ0n) is 11.6. The van der Waals surface area contributed by atoms with Crippen molar-refractivity contribution in [2.24, 2.45) is 0 Å². The van der Waals surface area contributed by atoms with Crippen LogP contribution >= 0.6 is 15.9 Å². The van der Waals surface area contributed by atoms with Crippen LogP contribution in [0.15, 0.2) is 47.2 Å². The molecular formula is C16H11BrN2O3. The molecule has 0 saturated heterocycles. The number of fused-ring (bicyclic) bond motifs is 1. The SMILES string of the molecule is Cc1ccc(C(=O)O)cc1Oc1ncnc2cc(Br)ccc12. The average Bonchev–Trinajstić information content (AvgIpc) is 2.49. The highest BCUT2D eigenvalue weighted by Gasteiger charge is 2.11.